The van der Waals surface area contributed by atoms with Crippen molar-refractivity contribution in [1.29, 1.82) is 0 Å². The van der Waals surface area contributed by atoms with E-state index < -0.39 is 0 Å². The lowest BCUT2D eigenvalue weighted by molar-refractivity contribution is 0.618. The summed E-state index contributed by atoms with van der Waals surface area (Å²) < 4.78 is 2.00. The minimum absolute atomic E-state index is 0.823. The Morgan fingerprint density at radius 2 is 2.20 bits per heavy atom. The Balaban J connectivity index is 1.91. The molecule has 5 heteroatoms. The van der Waals surface area contributed by atoms with E-state index in [1.807, 2.05) is 28.9 Å². The zero-order chi connectivity index (χ0) is 13.5. The number of nitrogens with zero attached hydrogens (tertiary/aromatic N) is 3. The summed E-state index contributed by atoms with van der Waals surface area (Å²) in [6, 6.07) is 8.09. The second kappa shape index (κ2) is 4.45. The van der Waals surface area contributed by atoms with E-state index in [0.717, 1.165) is 42.9 Å². The minimum Gasteiger partial charge on any atom is -0.322 e. The summed E-state index contributed by atoms with van der Waals surface area (Å²) in [4.78, 5) is 8.03. The van der Waals surface area contributed by atoms with Crippen LogP contribution in [0.3, 0.4) is 0 Å². The smallest absolute Gasteiger partial charge is 0.229 e. The molecule has 0 saturated heterocycles. The maximum atomic E-state index is 4.76. The van der Waals surface area contributed by atoms with Gasteiger partial charge in [-0.1, -0.05) is 19.1 Å². The Hall–Kier alpha value is -2.14. The summed E-state index contributed by atoms with van der Waals surface area (Å²) >= 11 is 0. The predicted octanol–water partition coefficient (Wildman–Crippen LogP) is 1.96. The molecule has 0 spiro atoms. The molecule has 0 atom stereocenters. The molecule has 0 fully saturated rings. The molecule has 2 N–H and O–H groups in total. The Labute approximate surface area is 117 Å². The van der Waals surface area contributed by atoms with Crippen molar-refractivity contribution >= 4 is 11.0 Å². The van der Waals surface area contributed by atoms with Crippen LogP contribution in [-0.4, -0.2) is 26.3 Å². The van der Waals surface area contributed by atoms with E-state index >= 15 is 0 Å². The van der Waals surface area contributed by atoms with Crippen LogP contribution in [0, 0.1) is 0 Å². The number of nitrogens with one attached hydrogen (secondary N) is 2. The van der Waals surface area contributed by atoms with Crippen LogP contribution in [0.1, 0.15) is 23.9 Å². The summed E-state index contributed by atoms with van der Waals surface area (Å²) in [6.07, 6.45) is 1.95. The summed E-state index contributed by atoms with van der Waals surface area (Å²) in [6.45, 7) is 4.07. The number of H-pyrrole nitrogens is 1. The van der Waals surface area contributed by atoms with E-state index in [4.69, 9.17) is 5.10 Å². The van der Waals surface area contributed by atoms with Crippen LogP contribution in [0.25, 0.3) is 17.0 Å². The molecule has 0 aliphatic carbocycles. The van der Waals surface area contributed by atoms with Gasteiger partial charge in [0.25, 0.3) is 0 Å². The first kappa shape index (κ1) is 11.7. The van der Waals surface area contributed by atoms with Crippen molar-refractivity contribution in [2.45, 2.75) is 26.3 Å². The van der Waals surface area contributed by atoms with Crippen molar-refractivity contribution in [3.63, 3.8) is 0 Å². The molecule has 0 unspecified atom stereocenters. The maximum absolute atomic E-state index is 4.76. The summed E-state index contributed by atoms with van der Waals surface area (Å²) in [5, 5.41) is 8.18. The van der Waals surface area contributed by atoms with Crippen LogP contribution in [0.4, 0.5) is 0 Å². The van der Waals surface area contributed by atoms with Crippen LogP contribution in [0.5, 0.6) is 0 Å². The molecule has 2 aromatic heterocycles. The number of hydrogen-bond acceptors (Lipinski definition) is 3. The molecule has 102 valence electrons. The summed E-state index contributed by atoms with van der Waals surface area (Å²) in [7, 11) is 0. The Morgan fingerprint density at radius 3 is 3.05 bits per heavy atom. The number of aryl methyl sites for hydroxylation is 1. The third-order valence-electron chi connectivity index (χ3n) is 3.93. The first-order valence-corrected chi connectivity index (χ1v) is 7.12. The van der Waals surface area contributed by atoms with Crippen LogP contribution >= 0.6 is 0 Å². The van der Waals surface area contributed by atoms with Gasteiger partial charge in [0.05, 0.1) is 22.4 Å². The molecule has 0 amide bonds. The number of fused-ring (bicyclic) bond motifs is 2. The lowest BCUT2D eigenvalue weighted by atomic mass is 10.1. The quantitative estimate of drug-likeness (QED) is 0.746. The molecule has 1 aromatic carbocycles. The fourth-order valence-corrected chi connectivity index (χ4v) is 2.92. The van der Waals surface area contributed by atoms with Crippen LogP contribution in [-0.2, 0) is 19.4 Å². The topological polar surface area (TPSA) is 58.5 Å². The number of rotatable bonds is 2. The Kier molecular flexibility index (Phi) is 2.60. The number of benzene rings is 1. The zero-order valence-electron chi connectivity index (χ0n) is 11.5. The highest BCUT2D eigenvalue weighted by Crippen LogP contribution is 2.22. The van der Waals surface area contributed by atoms with Crippen molar-refractivity contribution in [2.24, 2.45) is 0 Å². The van der Waals surface area contributed by atoms with Gasteiger partial charge < -0.3 is 10.3 Å². The molecule has 1 aliphatic rings. The number of para-hydroxylation sites is 2. The largest absolute Gasteiger partial charge is 0.322 e. The van der Waals surface area contributed by atoms with Crippen molar-refractivity contribution in [2.75, 3.05) is 6.54 Å². The number of hydrogen-bond donors (Lipinski definition) is 2. The molecule has 0 radical (unpaired) electrons. The van der Waals surface area contributed by atoms with Crippen molar-refractivity contribution in [3.05, 3.63) is 41.2 Å². The molecule has 3 heterocycles. The van der Waals surface area contributed by atoms with Gasteiger partial charge in [0.1, 0.15) is 0 Å². The zero-order valence-corrected chi connectivity index (χ0v) is 11.5. The third kappa shape index (κ3) is 1.67. The standard InChI is InChI=1S/C15H17N5/c1-2-11-10-9-16-8-7-14(10)20(19-11)15-17-12-5-3-4-6-13(12)18-15/h3-6,16H,2,7-9H2,1H3,(H,17,18). The molecular weight excluding hydrogens is 250 g/mol. The van der Waals surface area contributed by atoms with Crippen molar-refractivity contribution < 1.29 is 0 Å². The van der Waals surface area contributed by atoms with Crippen molar-refractivity contribution in [3.8, 4) is 5.95 Å². The highest BCUT2D eigenvalue weighted by molar-refractivity contribution is 5.76. The Morgan fingerprint density at radius 1 is 1.30 bits per heavy atom. The number of imidazole rings is 1. The fraction of sp³-hybridized carbons (Fsp3) is 0.333. The van der Waals surface area contributed by atoms with Gasteiger partial charge in [-0.3, -0.25) is 0 Å². The highest BCUT2D eigenvalue weighted by Gasteiger charge is 2.21. The molecule has 20 heavy (non-hydrogen) atoms. The molecule has 0 bridgehead atoms. The molecule has 0 saturated carbocycles. The first-order valence-electron chi connectivity index (χ1n) is 7.12. The molecule has 5 nitrogen and oxygen atoms in total. The van der Waals surface area contributed by atoms with Crippen LogP contribution in [0.15, 0.2) is 24.3 Å². The maximum Gasteiger partial charge on any atom is 0.229 e. The average Bonchev–Trinajstić information content (AvgIpc) is 3.08. The van der Waals surface area contributed by atoms with Gasteiger partial charge in [-0.2, -0.15) is 5.10 Å². The number of aromatic amines is 1. The van der Waals surface area contributed by atoms with Gasteiger partial charge in [0.2, 0.25) is 5.95 Å². The van der Waals surface area contributed by atoms with E-state index in [0.29, 0.717) is 0 Å². The molecule has 1 aliphatic heterocycles. The van der Waals surface area contributed by atoms with E-state index in [1.165, 1.54) is 17.0 Å². The lowest BCUT2D eigenvalue weighted by Crippen LogP contribution is -2.25. The predicted molar refractivity (Wildman–Crippen MR) is 78.0 cm³/mol. The molecular formula is C15H17N5. The second-order valence-corrected chi connectivity index (χ2v) is 5.14. The van der Waals surface area contributed by atoms with E-state index in [1.54, 1.807) is 0 Å². The second-order valence-electron chi connectivity index (χ2n) is 5.14. The third-order valence-corrected chi connectivity index (χ3v) is 3.93. The van der Waals surface area contributed by atoms with E-state index in [2.05, 4.69) is 22.2 Å². The van der Waals surface area contributed by atoms with Gasteiger partial charge in [-0.05, 0) is 18.6 Å². The SMILES string of the molecule is CCc1nn(-c2nc3ccccc3[nH]2)c2c1CNCC2. The van der Waals surface area contributed by atoms with Crippen LogP contribution in [0.2, 0.25) is 0 Å². The van der Waals surface area contributed by atoms with Crippen molar-refractivity contribution in [1.82, 2.24) is 25.1 Å². The van der Waals surface area contributed by atoms with Gasteiger partial charge >= 0.3 is 0 Å². The monoisotopic (exact) mass is 267 g/mol. The lowest BCUT2D eigenvalue weighted by Gasteiger charge is -2.14. The van der Waals surface area contributed by atoms with E-state index in [9.17, 15) is 0 Å². The molecule has 4 rings (SSSR count). The van der Waals surface area contributed by atoms with E-state index in [-0.39, 0.29) is 0 Å². The Bertz CT molecular complexity index is 735. The number of aromatic nitrogens is 4. The highest BCUT2D eigenvalue weighted by atomic mass is 15.4. The summed E-state index contributed by atoms with van der Waals surface area (Å²) in [5.74, 6) is 0.823. The molecule has 3 aromatic rings. The minimum atomic E-state index is 0.823. The summed E-state index contributed by atoms with van der Waals surface area (Å²) in [5.41, 5.74) is 5.85. The average molecular weight is 267 g/mol. The normalized spacial score (nSPS) is 14.7. The van der Waals surface area contributed by atoms with Gasteiger partial charge in [0, 0.05) is 25.1 Å². The first-order chi connectivity index (χ1) is 9.86. The fourth-order valence-electron chi connectivity index (χ4n) is 2.92. The van der Waals surface area contributed by atoms with Gasteiger partial charge in [-0.25, -0.2) is 9.67 Å². The van der Waals surface area contributed by atoms with Gasteiger partial charge in [0.15, 0.2) is 0 Å². The van der Waals surface area contributed by atoms with Crippen LogP contribution < -0.4 is 5.32 Å². The van der Waals surface area contributed by atoms with Gasteiger partial charge in [-0.15, -0.1) is 0 Å².